The maximum absolute atomic E-state index is 5.16. The number of nitrogens with one attached hydrogen (secondary N) is 1. The topological polar surface area (TPSA) is 37.9 Å². The number of nitrogens with zero attached hydrogens (tertiary/aromatic N) is 1. The van der Waals surface area contributed by atoms with Gasteiger partial charge < -0.3 is 4.74 Å². The second-order valence-electron chi connectivity index (χ2n) is 4.91. The van der Waals surface area contributed by atoms with E-state index in [1.165, 1.54) is 0 Å². The molecule has 3 rings (SSSR count). The molecule has 0 saturated heterocycles. The predicted molar refractivity (Wildman–Crippen MR) is 92.9 cm³/mol. The van der Waals surface area contributed by atoms with Gasteiger partial charge in [-0.05, 0) is 54.6 Å². The smallest absolute Gasteiger partial charge is 0.118 e. The molecule has 2 aromatic carbocycles. The Labute approximate surface area is 135 Å². The van der Waals surface area contributed by atoms with Crippen molar-refractivity contribution >= 4 is 6.08 Å². The van der Waals surface area contributed by atoms with Crippen LogP contribution in [-0.2, 0) is 0 Å². The zero-order chi connectivity index (χ0) is 15.9. The molecule has 3 heteroatoms. The van der Waals surface area contributed by atoms with Crippen molar-refractivity contribution in [2.24, 2.45) is 0 Å². The second kappa shape index (κ2) is 7.15. The van der Waals surface area contributed by atoms with Crippen LogP contribution in [0.1, 0.15) is 11.3 Å². The molecule has 23 heavy (non-hydrogen) atoms. The molecule has 1 aromatic heterocycles. The third kappa shape index (κ3) is 3.90. The number of hydrogen-bond acceptors (Lipinski definition) is 2. The van der Waals surface area contributed by atoms with Crippen LogP contribution in [0.5, 0.6) is 5.75 Å². The monoisotopic (exact) mass is 300 g/mol. The fourth-order valence-electron chi connectivity index (χ4n) is 2.11. The maximum atomic E-state index is 5.16. The van der Waals surface area contributed by atoms with E-state index in [2.05, 4.69) is 22.0 Å². The molecule has 0 aliphatic rings. The summed E-state index contributed by atoms with van der Waals surface area (Å²) < 4.78 is 5.16. The molecule has 0 aliphatic carbocycles. The highest BCUT2D eigenvalue weighted by Crippen LogP contribution is 2.21. The van der Waals surface area contributed by atoms with Crippen molar-refractivity contribution in [2.75, 3.05) is 7.11 Å². The van der Waals surface area contributed by atoms with E-state index in [0.717, 1.165) is 28.3 Å². The molecule has 0 bridgehead atoms. The molecule has 0 unspecified atom stereocenters. The lowest BCUT2D eigenvalue weighted by atomic mass is 10.1. The standard InChI is InChI=1S/C20H16N2O/c1-23-19-13-11-17(12-14-19)20-15-18(21-22-20)10-6-5-9-16-7-3-2-4-8-16/h2-4,6-8,10-15H,1H3,(H,21,22)/b10-6-. The summed E-state index contributed by atoms with van der Waals surface area (Å²) in [5.74, 6) is 6.93. The van der Waals surface area contributed by atoms with Crippen LogP contribution < -0.4 is 4.74 Å². The van der Waals surface area contributed by atoms with Crippen LogP contribution in [0.15, 0.2) is 66.7 Å². The van der Waals surface area contributed by atoms with Gasteiger partial charge in [0.25, 0.3) is 0 Å². The highest BCUT2D eigenvalue weighted by Gasteiger charge is 2.02. The Bertz CT molecular complexity index is 850. The number of aromatic nitrogens is 2. The number of allylic oxidation sites excluding steroid dienone is 1. The molecule has 0 fully saturated rings. The first kappa shape index (κ1) is 14.7. The first-order chi connectivity index (χ1) is 11.3. The van der Waals surface area contributed by atoms with Crippen LogP contribution in [-0.4, -0.2) is 17.3 Å². The minimum atomic E-state index is 0.834. The lowest BCUT2D eigenvalue weighted by molar-refractivity contribution is 0.415. The summed E-state index contributed by atoms with van der Waals surface area (Å²) in [6, 6.07) is 19.7. The van der Waals surface area contributed by atoms with Crippen LogP contribution in [0, 0.1) is 11.8 Å². The average molecular weight is 300 g/mol. The molecule has 0 amide bonds. The summed E-state index contributed by atoms with van der Waals surface area (Å²) in [5.41, 5.74) is 3.85. The summed E-state index contributed by atoms with van der Waals surface area (Å²) in [6.45, 7) is 0. The zero-order valence-electron chi connectivity index (χ0n) is 12.8. The van der Waals surface area contributed by atoms with Crippen LogP contribution in [0.4, 0.5) is 0 Å². The Kier molecular flexibility index (Phi) is 4.56. The Hall–Kier alpha value is -3.25. The lowest BCUT2D eigenvalue weighted by Crippen LogP contribution is -1.82. The van der Waals surface area contributed by atoms with Crippen LogP contribution in [0.3, 0.4) is 0 Å². The number of benzene rings is 2. The van der Waals surface area contributed by atoms with Crippen molar-refractivity contribution < 1.29 is 4.74 Å². The molecular weight excluding hydrogens is 284 g/mol. The van der Waals surface area contributed by atoms with Gasteiger partial charge >= 0.3 is 0 Å². The van der Waals surface area contributed by atoms with Crippen molar-refractivity contribution in [1.82, 2.24) is 10.2 Å². The van der Waals surface area contributed by atoms with E-state index in [1.54, 1.807) is 7.11 Å². The van der Waals surface area contributed by atoms with E-state index < -0.39 is 0 Å². The quantitative estimate of drug-likeness (QED) is 0.738. The van der Waals surface area contributed by atoms with Gasteiger partial charge in [0.1, 0.15) is 5.75 Å². The molecule has 1 heterocycles. The van der Waals surface area contributed by atoms with Crippen molar-refractivity contribution in [2.45, 2.75) is 0 Å². The minimum absolute atomic E-state index is 0.834. The van der Waals surface area contributed by atoms with E-state index in [0.29, 0.717) is 0 Å². The van der Waals surface area contributed by atoms with E-state index in [9.17, 15) is 0 Å². The van der Waals surface area contributed by atoms with Gasteiger partial charge in [-0.3, -0.25) is 5.10 Å². The van der Waals surface area contributed by atoms with Gasteiger partial charge in [0.15, 0.2) is 0 Å². The molecule has 0 aliphatic heterocycles. The first-order valence-electron chi connectivity index (χ1n) is 7.28. The molecule has 0 atom stereocenters. The van der Waals surface area contributed by atoms with E-state index in [-0.39, 0.29) is 0 Å². The fraction of sp³-hybridized carbons (Fsp3) is 0.0500. The number of ether oxygens (including phenoxy) is 1. The Morgan fingerprint density at radius 1 is 1.04 bits per heavy atom. The van der Waals surface area contributed by atoms with Gasteiger partial charge in [-0.2, -0.15) is 5.10 Å². The van der Waals surface area contributed by atoms with Crippen molar-refractivity contribution in [1.29, 1.82) is 0 Å². The van der Waals surface area contributed by atoms with E-state index >= 15 is 0 Å². The predicted octanol–water partition coefficient (Wildman–Crippen LogP) is 4.15. The average Bonchev–Trinajstić information content (AvgIpc) is 3.09. The largest absolute Gasteiger partial charge is 0.497 e. The summed E-state index contributed by atoms with van der Waals surface area (Å²) in [7, 11) is 1.66. The van der Waals surface area contributed by atoms with Gasteiger partial charge in [-0.1, -0.05) is 30.0 Å². The number of hydrogen-bond donors (Lipinski definition) is 1. The van der Waals surface area contributed by atoms with E-state index in [1.807, 2.05) is 72.8 Å². The number of aromatic amines is 1. The molecule has 0 saturated carbocycles. The SMILES string of the molecule is COc1ccc(-c2cc(/C=C\C#Cc3ccccc3)[nH]n2)cc1. The van der Waals surface area contributed by atoms with Gasteiger partial charge in [0.05, 0.1) is 18.5 Å². The summed E-state index contributed by atoms with van der Waals surface area (Å²) in [5, 5.41) is 7.31. The fourth-order valence-corrected chi connectivity index (χ4v) is 2.11. The van der Waals surface area contributed by atoms with Crippen LogP contribution in [0.2, 0.25) is 0 Å². The second-order valence-corrected chi connectivity index (χ2v) is 4.91. The Balaban J connectivity index is 1.69. The van der Waals surface area contributed by atoms with Crippen LogP contribution >= 0.6 is 0 Å². The summed E-state index contributed by atoms with van der Waals surface area (Å²) in [4.78, 5) is 0. The molecule has 1 N–H and O–H groups in total. The highest BCUT2D eigenvalue weighted by atomic mass is 16.5. The number of methoxy groups -OCH3 is 1. The summed E-state index contributed by atoms with van der Waals surface area (Å²) >= 11 is 0. The number of rotatable bonds is 3. The van der Waals surface area contributed by atoms with Crippen molar-refractivity contribution in [3.8, 4) is 28.8 Å². The Morgan fingerprint density at radius 2 is 1.83 bits per heavy atom. The third-order valence-corrected chi connectivity index (χ3v) is 3.32. The third-order valence-electron chi connectivity index (χ3n) is 3.32. The van der Waals surface area contributed by atoms with Gasteiger partial charge in [0.2, 0.25) is 0 Å². The Morgan fingerprint density at radius 3 is 2.57 bits per heavy atom. The molecule has 3 nitrogen and oxygen atoms in total. The normalized spacial score (nSPS) is 10.3. The van der Waals surface area contributed by atoms with E-state index in [4.69, 9.17) is 4.74 Å². The molecule has 112 valence electrons. The zero-order valence-corrected chi connectivity index (χ0v) is 12.8. The van der Waals surface area contributed by atoms with Crippen molar-refractivity contribution in [3.05, 3.63) is 78.0 Å². The summed E-state index contributed by atoms with van der Waals surface area (Å²) in [6.07, 6.45) is 3.73. The maximum Gasteiger partial charge on any atom is 0.118 e. The highest BCUT2D eigenvalue weighted by molar-refractivity contribution is 5.63. The van der Waals surface area contributed by atoms with Crippen molar-refractivity contribution in [3.63, 3.8) is 0 Å². The first-order valence-corrected chi connectivity index (χ1v) is 7.28. The number of H-pyrrole nitrogens is 1. The van der Waals surface area contributed by atoms with Gasteiger partial charge in [0, 0.05) is 11.1 Å². The van der Waals surface area contributed by atoms with Gasteiger partial charge in [-0.25, -0.2) is 0 Å². The van der Waals surface area contributed by atoms with Crippen LogP contribution in [0.25, 0.3) is 17.3 Å². The molecule has 0 radical (unpaired) electrons. The minimum Gasteiger partial charge on any atom is -0.497 e. The molecular formula is C20H16N2O. The lowest BCUT2D eigenvalue weighted by Gasteiger charge is -1.99. The van der Waals surface area contributed by atoms with Gasteiger partial charge in [-0.15, -0.1) is 0 Å². The molecule has 3 aromatic rings. The molecule has 0 spiro atoms.